The van der Waals surface area contributed by atoms with E-state index in [2.05, 4.69) is 0 Å². The summed E-state index contributed by atoms with van der Waals surface area (Å²) >= 11 is 0. The molecule has 0 bridgehead atoms. The van der Waals surface area contributed by atoms with Gasteiger partial charge in [-0.3, -0.25) is 4.79 Å². The van der Waals surface area contributed by atoms with Gasteiger partial charge in [0, 0.05) is 6.07 Å². The number of rotatable bonds is 6. The second kappa shape index (κ2) is 6.56. The third-order valence-electron chi connectivity index (χ3n) is 2.93. The first-order chi connectivity index (χ1) is 10.2. The fourth-order valence-electron chi connectivity index (χ4n) is 1.87. The van der Waals surface area contributed by atoms with Gasteiger partial charge < -0.3 is 14.6 Å². The molecule has 0 amide bonds. The van der Waals surface area contributed by atoms with Crippen molar-refractivity contribution in [2.75, 3.05) is 7.11 Å². The maximum atomic E-state index is 11.1. The summed E-state index contributed by atoms with van der Waals surface area (Å²) in [5, 5.41) is 9.08. The van der Waals surface area contributed by atoms with Gasteiger partial charge in [0.25, 0.3) is 0 Å². The van der Waals surface area contributed by atoms with Gasteiger partial charge in [-0.1, -0.05) is 30.3 Å². The van der Waals surface area contributed by atoms with E-state index in [1.165, 1.54) is 19.2 Å². The van der Waals surface area contributed by atoms with Crippen molar-refractivity contribution in [1.82, 2.24) is 0 Å². The van der Waals surface area contributed by atoms with Gasteiger partial charge >= 0.3 is 5.97 Å². The van der Waals surface area contributed by atoms with Crippen molar-refractivity contribution in [3.05, 3.63) is 59.2 Å². The molecule has 0 aromatic heterocycles. The third kappa shape index (κ3) is 3.39. The Labute approximate surface area is 121 Å². The topological polar surface area (TPSA) is 72.8 Å². The van der Waals surface area contributed by atoms with Crippen LogP contribution in [-0.4, -0.2) is 24.5 Å². The Balaban J connectivity index is 2.30. The van der Waals surface area contributed by atoms with E-state index in [9.17, 15) is 9.59 Å². The zero-order chi connectivity index (χ0) is 15.2. The molecule has 5 nitrogen and oxygen atoms in total. The lowest BCUT2D eigenvalue weighted by atomic mass is 10.1. The van der Waals surface area contributed by atoms with Crippen LogP contribution in [0, 0.1) is 0 Å². The number of carbonyl (C=O) groups excluding carboxylic acids is 1. The molecule has 0 heterocycles. The molecule has 2 rings (SSSR count). The summed E-state index contributed by atoms with van der Waals surface area (Å²) < 4.78 is 10.6. The van der Waals surface area contributed by atoms with Gasteiger partial charge in [0.2, 0.25) is 0 Å². The zero-order valence-corrected chi connectivity index (χ0v) is 11.4. The van der Waals surface area contributed by atoms with E-state index in [1.807, 2.05) is 30.3 Å². The molecule has 0 saturated carbocycles. The summed E-state index contributed by atoms with van der Waals surface area (Å²) in [4.78, 5) is 22.2. The van der Waals surface area contributed by atoms with Crippen molar-refractivity contribution in [1.29, 1.82) is 0 Å². The number of benzene rings is 2. The van der Waals surface area contributed by atoms with Crippen LogP contribution in [0.2, 0.25) is 0 Å². The molecule has 0 atom stereocenters. The molecule has 0 aliphatic rings. The number of aromatic carboxylic acids is 1. The standard InChI is InChI=1S/C16H14O5/c1-20-15-8-14(12(9-17)7-13(15)16(18)19)21-10-11-5-3-2-4-6-11/h2-9H,10H2,1H3,(H,18,19). The Morgan fingerprint density at radius 2 is 1.90 bits per heavy atom. The SMILES string of the molecule is COc1cc(OCc2ccccc2)c(C=O)cc1C(=O)O. The maximum Gasteiger partial charge on any atom is 0.339 e. The van der Waals surface area contributed by atoms with Gasteiger partial charge in [-0.05, 0) is 11.6 Å². The summed E-state index contributed by atoms with van der Waals surface area (Å²) in [5.41, 5.74) is 1.03. The first-order valence-electron chi connectivity index (χ1n) is 6.23. The molecular formula is C16H14O5. The maximum absolute atomic E-state index is 11.1. The van der Waals surface area contributed by atoms with Crippen LogP contribution in [0.15, 0.2) is 42.5 Å². The van der Waals surface area contributed by atoms with Gasteiger partial charge in [0.1, 0.15) is 23.7 Å². The van der Waals surface area contributed by atoms with Gasteiger partial charge in [-0.15, -0.1) is 0 Å². The number of hydrogen-bond acceptors (Lipinski definition) is 4. The van der Waals surface area contributed by atoms with E-state index in [1.54, 1.807) is 0 Å². The number of carboxylic acids is 1. The van der Waals surface area contributed by atoms with Crippen LogP contribution in [0.4, 0.5) is 0 Å². The molecule has 2 aromatic carbocycles. The van der Waals surface area contributed by atoms with E-state index < -0.39 is 5.97 Å². The molecule has 5 heteroatoms. The molecule has 0 aliphatic carbocycles. The Hall–Kier alpha value is -2.82. The number of ether oxygens (including phenoxy) is 2. The van der Waals surface area contributed by atoms with E-state index in [0.717, 1.165) is 5.56 Å². The third-order valence-corrected chi connectivity index (χ3v) is 2.93. The highest BCUT2D eigenvalue weighted by molar-refractivity contribution is 5.94. The second-order valence-electron chi connectivity index (χ2n) is 4.29. The van der Waals surface area contributed by atoms with Crippen LogP contribution in [-0.2, 0) is 6.61 Å². The smallest absolute Gasteiger partial charge is 0.339 e. The monoisotopic (exact) mass is 286 g/mol. The Kier molecular flexibility index (Phi) is 4.56. The molecule has 0 radical (unpaired) electrons. The Morgan fingerprint density at radius 1 is 1.19 bits per heavy atom. The van der Waals surface area contributed by atoms with Gasteiger partial charge in [0.05, 0.1) is 12.7 Å². The predicted molar refractivity (Wildman–Crippen MR) is 76.1 cm³/mol. The average molecular weight is 286 g/mol. The summed E-state index contributed by atoms with van der Waals surface area (Å²) in [6.45, 7) is 0.275. The van der Waals surface area contributed by atoms with Gasteiger partial charge in [0.15, 0.2) is 6.29 Å². The minimum absolute atomic E-state index is 0.0772. The zero-order valence-electron chi connectivity index (χ0n) is 11.4. The number of aldehydes is 1. The highest BCUT2D eigenvalue weighted by Gasteiger charge is 2.16. The number of carboxylic acid groups (broad SMARTS) is 1. The Morgan fingerprint density at radius 3 is 2.48 bits per heavy atom. The quantitative estimate of drug-likeness (QED) is 0.827. The first-order valence-corrected chi connectivity index (χ1v) is 6.23. The summed E-state index contributed by atoms with van der Waals surface area (Å²) in [6.07, 6.45) is 0.562. The van der Waals surface area contributed by atoms with Crippen molar-refractivity contribution in [2.24, 2.45) is 0 Å². The summed E-state index contributed by atoms with van der Waals surface area (Å²) in [6, 6.07) is 12.1. The minimum atomic E-state index is -1.16. The minimum Gasteiger partial charge on any atom is -0.496 e. The van der Waals surface area contributed by atoms with Gasteiger partial charge in [-0.25, -0.2) is 4.79 Å². The second-order valence-corrected chi connectivity index (χ2v) is 4.29. The number of methoxy groups -OCH3 is 1. The molecule has 21 heavy (non-hydrogen) atoms. The Bertz CT molecular complexity index is 649. The van der Waals surface area contributed by atoms with E-state index in [-0.39, 0.29) is 29.2 Å². The molecule has 0 unspecified atom stereocenters. The van der Waals surface area contributed by atoms with Crippen LogP contribution >= 0.6 is 0 Å². The van der Waals surface area contributed by atoms with Crippen LogP contribution < -0.4 is 9.47 Å². The van der Waals surface area contributed by atoms with Crippen molar-refractivity contribution in [3.63, 3.8) is 0 Å². The van der Waals surface area contributed by atoms with Crippen LogP contribution in [0.1, 0.15) is 26.3 Å². The average Bonchev–Trinajstić information content (AvgIpc) is 2.52. The molecular weight excluding hydrogens is 272 g/mol. The fraction of sp³-hybridized carbons (Fsp3) is 0.125. The van der Waals surface area contributed by atoms with Crippen LogP contribution in [0.25, 0.3) is 0 Å². The lowest BCUT2D eigenvalue weighted by Gasteiger charge is -2.12. The highest BCUT2D eigenvalue weighted by Crippen LogP contribution is 2.29. The van der Waals surface area contributed by atoms with Gasteiger partial charge in [-0.2, -0.15) is 0 Å². The highest BCUT2D eigenvalue weighted by atomic mass is 16.5. The molecule has 0 aliphatic heterocycles. The van der Waals surface area contributed by atoms with Crippen molar-refractivity contribution >= 4 is 12.3 Å². The summed E-state index contributed by atoms with van der Waals surface area (Å²) in [7, 11) is 1.36. The molecule has 108 valence electrons. The first kappa shape index (κ1) is 14.6. The molecule has 0 saturated heterocycles. The molecule has 2 aromatic rings. The van der Waals surface area contributed by atoms with Crippen molar-refractivity contribution in [3.8, 4) is 11.5 Å². The summed E-state index contributed by atoms with van der Waals surface area (Å²) in [5.74, 6) is -0.726. The predicted octanol–water partition coefficient (Wildman–Crippen LogP) is 2.78. The number of carbonyl (C=O) groups is 2. The normalized spacial score (nSPS) is 9.95. The molecule has 1 N–H and O–H groups in total. The molecule has 0 fully saturated rings. The van der Waals surface area contributed by atoms with Crippen LogP contribution in [0.5, 0.6) is 11.5 Å². The van der Waals surface area contributed by atoms with Crippen LogP contribution in [0.3, 0.4) is 0 Å². The van der Waals surface area contributed by atoms with Crippen molar-refractivity contribution in [2.45, 2.75) is 6.61 Å². The molecule has 0 spiro atoms. The number of hydrogen-bond donors (Lipinski definition) is 1. The van der Waals surface area contributed by atoms with Crippen molar-refractivity contribution < 1.29 is 24.2 Å². The van der Waals surface area contributed by atoms with E-state index in [4.69, 9.17) is 14.6 Å². The fourth-order valence-corrected chi connectivity index (χ4v) is 1.87. The largest absolute Gasteiger partial charge is 0.496 e. The van der Waals surface area contributed by atoms with E-state index >= 15 is 0 Å². The lowest BCUT2D eigenvalue weighted by Crippen LogP contribution is -2.05. The van der Waals surface area contributed by atoms with E-state index in [0.29, 0.717) is 6.29 Å². The lowest BCUT2D eigenvalue weighted by molar-refractivity contribution is 0.0693.